The zero-order chi connectivity index (χ0) is 15.0. The van der Waals surface area contributed by atoms with E-state index in [1.54, 1.807) is 11.9 Å². The van der Waals surface area contributed by atoms with Crippen molar-refractivity contribution in [2.24, 2.45) is 0 Å². The molecule has 1 unspecified atom stereocenters. The second-order valence-electron chi connectivity index (χ2n) is 5.19. The number of nitrogens with one attached hydrogen (secondary N) is 1. The Balaban J connectivity index is 1.74. The van der Waals surface area contributed by atoms with Crippen LogP contribution in [0.3, 0.4) is 0 Å². The third-order valence-corrected chi connectivity index (χ3v) is 4.46. The lowest BCUT2D eigenvalue weighted by molar-refractivity contribution is 0.672. The SMILES string of the molecule is c1ccc(CC(NSc2ccccc2)c2ccccc2)cc1. The summed E-state index contributed by atoms with van der Waals surface area (Å²) in [5, 5.41) is 0. The van der Waals surface area contributed by atoms with Gasteiger partial charge in [-0.25, -0.2) is 0 Å². The van der Waals surface area contributed by atoms with E-state index in [1.165, 1.54) is 16.0 Å². The fourth-order valence-corrected chi connectivity index (χ4v) is 3.18. The van der Waals surface area contributed by atoms with Gasteiger partial charge >= 0.3 is 0 Å². The summed E-state index contributed by atoms with van der Waals surface area (Å²) in [6, 6.07) is 32.0. The van der Waals surface area contributed by atoms with Gasteiger partial charge < -0.3 is 0 Å². The van der Waals surface area contributed by atoms with Crippen molar-refractivity contribution in [3.63, 3.8) is 0 Å². The van der Waals surface area contributed by atoms with Gasteiger partial charge in [0.2, 0.25) is 0 Å². The summed E-state index contributed by atoms with van der Waals surface area (Å²) in [7, 11) is 0. The van der Waals surface area contributed by atoms with E-state index >= 15 is 0 Å². The van der Waals surface area contributed by atoms with Gasteiger partial charge in [0.25, 0.3) is 0 Å². The van der Waals surface area contributed by atoms with E-state index in [4.69, 9.17) is 0 Å². The first-order chi connectivity index (χ1) is 10.9. The van der Waals surface area contributed by atoms with Gasteiger partial charge in [-0.3, -0.25) is 4.72 Å². The Bertz CT molecular complexity index is 668. The summed E-state index contributed by atoms with van der Waals surface area (Å²) in [4.78, 5) is 1.23. The zero-order valence-corrected chi connectivity index (χ0v) is 13.2. The molecule has 1 atom stereocenters. The molecule has 0 aliphatic carbocycles. The van der Waals surface area contributed by atoms with Gasteiger partial charge in [0.05, 0.1) is 0 Å². The standard InChI is InChI=1S/C20H19NS/c1-4-10-17(11-5-1)16-20(18-12-6-2-7-13-18)21-22-19-14-8-3-9-15-19/h1-15,20-21H,16H2. The molecule has 0 heterocycles. The van der Waals surface area contributed by atoms with Crippen LogP contribution in [0.1, 0.15) is 17.2 Å². The summed E-state index contributed by atoms with van der Waals surface area (Å²) in [5.74, 6) is 0. The van der Waals surface area contributed by atoms with Crippen LogP contribution in [0.5, 0.6) is 0 Å². The lowest BCUT2D eigenvalue weighted by Crippen LogP contribution is -2.16. The summed E-state index contributed by atoms with van der Waals surface area (Å²) in [5.41, 5.74) is 2.66. The van der Waals surface area contributed by atoms with E-state index in [9.17, 15) is 0 Å². The highest BCUT2D eigenvalue weighted by Gasteiger charge is 2.12. The van der Waals surface area contributed by atoms with Crippen molar-refractivity contribution < 1.29 is 0 Å². The molecule has 1 nitrogen and oxygen atoms in total. The van der Waals surface area contributed by atoms with Crippen molar-refractivity contribution in [3.05, 3.63) is 102 Å². The highest BCUT2D eigenvalue weighted by Crippen LogP contribution is 2.24. The lowest BCUT2D eigenvalue weighted by atomic mass is 10.00. The van der Waals surface area contributed by atoms with Crippen LogP contribution in [0, 0.1) is 0 Å². The van der Waals surface area contributed by atoms with E-state index in [-0.39, 0.29) is 6.04 Å². The van der Waals surface area contributed by atoms with Crippen LogP contribution in [0.4, 0.5) is 0 Å². The van der Waals surface area contributed by atoms with Gasteiger partial charge in [-0.1, -0.05) is 78.9 Å². The first-order valence-corrected chi connectivity index (χ1v) is 8.30. The van der Waals surface area contributed by atoms with Crippen LogP contribution in [0.15, 0.2) is 95.9 Å². The van der Waals surface area contributed by atoms with E-state index in [0.717, 1.165) is 6.42 Å². The number of benzene rings is 3. The fourth-order valence-electron chi connectivity index (χ4n) is 2.39. The van der Waals surface area contributed by atoms with Crippen LogP contribution in [0.25, 0.3) is 0 Å². The monoisotopic (exact) mass is 305 g/mol. The van der Waals surface area contributed by atoms with Crippen LogP contribution in [-0.4, -0.2) is 0 Å². The zero-order valence-electron chi connectivity index (χ0n) is 12.4. The third-order valence-electron chi connectivity index (χ3n) is 3.55. The molecular weight excluding hydrogens is 286 g/mol. The Morgan fingerprint density at radius 1 is 0.682 bits per heavy atom. The molecular formula is C20H19NS. The molecule has 22 heavy (non-hydrogen) atoms. The van der Waals surface area contributed by atoms with Gasteiger partial charge in [0.1, 0.15) is 0 Å². The van der Waals surface area contributed by atoms with Gasteiger partial charge in [-0.15, -0.1) is 0 Å². The molecule has 0 aliphatic heterocycles. The summed E-state index contributed by atoms with van der Waals surface area (Å²) in [6.07, 6.45) is 0.977. The molecule has 0 aliphatic rings. The molecule has 3 rings (SSSR count). The molecule has 0 saturated heterocycles. The Morgan fingerprint density at radius 2 is 1.23 bits per heavy atom. The summed E-state index contributed by atoms with van der Waals surface area (Å²) >= 11 is 1.69. The van der Waals surface area contributed by atoms with E-state index in [0.29, 0.717) is 0 Å². The van der Waals surface area contributed by atoms with Gasteiger partial charge in [0, 0.05) is 10.9 Å². The molecule has 0 aromatic heterocycles. The second-order valence-corrected chi connectivity index (χ2v) is 6.10. The Kier molecular flexibility index (Phi) is 5.30. The lowest BCUT2D eigenvalue weighted by Gasteiger charge is -2.19. The summed E-state index contributed by atoms with van der Waals surface area (Å²) < 4.78 is 3.62. The van der Waals surface area contributed by atoms with Gasteiger partial charge in [-0.2, -0.15) is 0 Å². The van der Waals surface area contributed by atoms with E-state index in [2.05, 4.69) is 89.7 Å². The molecule has 0 bridgehead atoms. The van der Waals surface area contributed by atoms with Crippen LogP contribution in [-0.2, 0) is 6.42 Å². The summed E-state index contributed by atoms with van der Waals surface area (Å²) in [6.45, 7) is 0. The fraction of sp³-hybridized carbons (Fsp3) is 0.100. The topological polar surface area (TPSA) is 12.0 Å². The smallest absolute Gasteiger partial charge is 0.0465 e. The molecule has 1 N–H and O–H groups in total. The minimum Gasteiger partial charge on any atom is -0.252 e. The van der Waals surface area contributed by atoms with E-state index < -0.39 is 0 Å². The first-order valence-electron chi connectivity index (χ1n) is 7.48. The molecule has 0 saturated carbocycles. The van der Waals surface area contributed by atoms with Gasteiger partial charge in [0.15, 0.2) is 0 Å². The molecule has 0 spiro atoms. The maximum atomic E-state index is 3.62. The minimum absolute atomic E-state index is 0.286. The quantitative estimate of drug-likeness (QED) is 0.623. The molecule has 0 amide bonds. The average Bonchev–Trinajstić information content (AvgIpc) is 2.61. The predicted molar refractivity (Wildman–Crippen MR) is 94.8 cm³/mol. The predicted octanol–water partition coefficient (Wildman–Crippen LogP) is 5.27. The normalized spacial score (nSPS) is 12.0. The number of hydrogen-bond acceptors (Lipinski definition) is 2. The molecule has 3 aromatic rings. The molecule has 3 aromatic carbocycles. The third kappa shape index (κ3) is 4.23. The molecule has 110 valence electrons. The first kappa shape index (κ1) is 14.9. The van der Waals surface area contributed by atoms with Crippen LogP contribution in [0.2, 0.25) is 0 Å². The molecule has 0 radical (unpaired) electrons. The Morgan fingerprint density at radius 3 is 1.86 bits per heavy atom. The largest absolute Gasteiger partial charge is 0.252 e. The maximum absolute atomic E-state index is 3.62. The average molecular weight is 305 g/mol. The van der Waals surface area contributed by atoms with Crippen molar-refractivity contribution in [2.75, 3.05) is 0 Å². The molecule has 2 heteroatoms. The Hall–Kier alpha value is -2.03. The van der Waals surface area contributed by atoms with Crippen molar-refractivity contribution in [3.8, 4) is 0 Å². The highest BCUT2D eigenvalue weighted by molar-refractivity contribution is 7.97. The van der Waals surface area contributed by atoms with Crippen molar-refractivity contribution in [1.29, 1.82) is 0 Å². The van der Waals surface area contributed by atoms with Gasteiger partial charge in [-0.05, 0) is 41.6 Å². The molecule has 0 fully saturated rings. The number of hydrogen-bond donors (Lipinski definition) is 1. The number of rotatable bonds is 6. The minimum atomic E-state index is 0.286. The van der Waals surface area contributed by atoms with Crippen molar-refractivity contribution >= 4 is 11.9 Å². The van der Waals surface area contributed by atoms with Crippen LogP contribution < -0.4 is 4.72 Å². The Labute approximate surface area is 136 Å². The van der Waals surface area contributed by atoms with Crippen molar-refractivity contribution in [1.82, 2.24) is 4.72 Å². The second kappa shape index (κ2) is 7.83. The van der Waals surface area contributed by atoms with E-state index in [1.807, 2.05) is 6.07 Å². The highest BCUT2D eigenvalue weighted by atomic mass is 32.2. The van der Waals surface area contributed by atoms with Crippen LogP contribution >= 0.6 is 11.9 Å². The maximum Gasteiger partial charge on any atom is 0.0465 e. The van der Waals surface area contributed by atoms with Crippen molar-refractivity contribution in [2.45, 2.75) is 17.4 Å².